The van der Waals surface area contributed by atoms with Crippen LogP contribution in [0.25, 0.3) is 0 Å². The monoisotopic (exact) mass is 346 g/mol. The maximum Gasteiger partial charge on any atom is 0.142 e. The van der Waals surface area contributed by atoms with Crippen LogP contribution in [0.4, 0.5) is 5.82 Å². The SMILES string of the molecule is Cc1cnc(N2CCC(CBr)CC2)c(Br)c1. The zero-order chi connectivity index (χ0) is 11.5. The Morgan fingerprint density at radius 3 is 2.69 bits per heavy atom. The molecular weight excluding hydrogens is 332 g/mol. The molecule has 88 valence electrons. The number of hydrogen-bond donors (Lipinski definition) is 0. The smallest absolute Gasteiger partial charge is 0.142 e. The van der Waals surface area contributed by atoms with Crippen LogP contribution in [0.15, 0.2) is 16.7 Å². The Labute approximate surface area is 114 Å². The van der Waals surface area contributed by atoms with Crippen molar-refractivity contribution < 1.29 is 0 Å². The van der Waals surface area contributed by atoms with Crippen LogP contribution in [0.3, 0.4) is 0 Å². The van der Waals surface area contributed by atoms with Gasteiger partial charge in [-0.3, -0.25) is 0 Å². The molecule has 16 heavy (non-hydrogen) atoms. The molecule has 0 spiro atoms. The molecule has 2 rings (SSSR count). The Bertz CT molecular complexity index is 360. The molecule has 0 atom stereocenters. The van der Waals surface area contributed by atoms with Gasteiger partial charge in [0, 0.05) is 24.6 Å². The molecule has 4 heteroatoms. The van der Waals surface area contributed by atoms with Crippen molar-refractivity contribution in [1.29, 1.82) is 0 Å². The number of aromatic nitrogens is 1. The molecule has 1 aromatic rings. The molecule has 1 aromatic heterocycles. The first kappa shape index (κ1) is 12.4. The molecule has 0 aromatic carbocycles. The van der Waals surface area contributed by atoms with Crippen LogP contribution in [0.1, 0.15) is 18.4 Å². The second-order valence-electron chi connectivity index (χ2n) is 4.40. The van der Waals surface area contributed by atoms with Gasteiger partial charge in [0.15, 0.2) is 0 Å². The van der Waals surface area contributed by atoms with Gasteiger partial charge in [-0.2, -0.15) is 0 Å². The zero-order valence-corrected chi connectivity index (χ0v) is 12.6. The Kier molecular flexibility index (Phi) is 4.25. The summed E-state index contributed by atoms with van der Waals surface area (Å²) in [4.78, 5) is 6.90. The predicted octanol–water partition coefficient (Wildman–Crippen LogP) is 3.76. The molecule has 0 amide bonds. The molecule has 0 radical (unpaired) electrons. The summed E-state index contributed by atoms with van der Waals surface area (Å²) < 4.78 is 1.12. The number of nitrogens with zero attached hydrogens (tertiary/aromatic N) is 2. The predicted molar refractivity (Wildman–Crippen MR) is 75.4 cm³/mol. The Morgan fingerprint density at radius 1 is 1.44 bits per heavy atom. The van der Waals surface area contributed by atoms with E-state index in [-0.39, 0.29) is 0 Å². The van der Waals surface area contributed by atoms with Crippen LogP contribution >= 0.6 is 31.9 Å². The van der Waals surface area contributed by atoms with E-state index in [1.807, 2.05) is 6.20 Å². The fourth-order valence-corrected chi connectivity index (χ4v) is 3.42. The third-order valence-corrected chi connectivity index (χ3v) is 4.59. The fraction of sp³-hybridized carbons (Fsp3) is 0.583. The van der Waals surface area contributed by atoms with Crippen LogP contribution < -0.4 is 4.90 Å². The molecule has 2 nitrogen and oxygen atoms in total. The van der Waals surface area contributed by atoms with Crippen LogP contribution in [-0.4, -0.2) is 23.4 Å². The second kappa shape index (κ2) is 5.50. The van der Waals surface area contributed by atoms with Crippen molar-refractivity contribution in [2.24, 2.45) is 5.92 Å². The Morgan fingerprint density at radius 2 is 2.12 bits per heavy atom. The quantitative estimate of drug-likeness (QED) is 0.757. The molecule has 1 fully saturated rings. The van der Waals surface area contributed by atoms with E-state index in [2.05, 4.69) is 54.7 Å². The highest BCUT2D eigenvalue weighted by molar-refractivity contribution is 9.10. The molecule has 0 aliphatic carbocycles. The highest BCUT2D eigenvalue weighted by Gasteiger charge is 2.20. The minimum Gasteiger partial charge on any atom is -0.356 e. The van der Waals surface area contributed by atoms with Crippen molar-refractivity contribution in [2.75, 3.05) is 23.3 Å². The molecule has 1 aliphatic rings. The largest absolute Gasteiger partial charge is 0.356 e. The van der Waals surface area contributed by atoms with Gasteiger partial charge in [-0.05, 0) is 53.2 Å². The average molecular weight is 348 g/mol. The van der Waals surface area contributed by atoms with Crippen molar-refractivity contribution in [3.63, 3.8) is 0 Å². The van der Waals surface area contributed by atoms with E-state index >= 15 is 0 Å². The van der Waals surface area contributed by atoms with E-state index in [0.717, 1.165) is 34.6 Å². The first-order chi connectivity index (χ1) is 7.70. The van der Waals surface area contributed by atoms with E-state index in [0.29, 0.717) is 0 Å². The lowest BCUT2D eigenvalue weighted by molar-refractivity contribution is 0.445. The van der Waals surface area contributed by atoms with E-state index in [1.54, 1.807) is 0 Å². The van der Waals surface area contributed by atoms with Gasteiger partial charge in [0.2, 0.25) is 0 Å². The number of aryl methyl sites for hydroxylation is 1. The Hall–Kier alpha value is -0.0900. The number of hydrogen-bond acceptors (Lipinski definition) is 2. The minimum absolute atomic E-state index is 0.834. The summed E-state index contributed by atoms with van der Waals surface area (Å²) in [6, 6.07) is 2.14. The lowest BCUT2D eigenvalue weighted by Crippen LogP contribution is -2.34. The second-order valence-corrected chi connectivity index (χ2v) is 5.90. The van der Waals surface area contributed by atoms with Crippen molar-refractivity contribution in [3.05, 3.63) is 22.3 Å². The minimum atomic E-state index is 0.834. The van der Waals surface area contributed by atoms with Crippen molar-refractivity contribution in [2.45, 2.75) is 19.8 Å². The molecular formula is C12H16Br2N2. The third-order valence-electron chi connectivity index (χ3n) is 3.09. The van der Waals surface area contributed by atoms with Gasteiger partial charge in [-0.15, -0.1) is 0 Å². The van der Waals surface area contributed by atoms with Gasteiger partial charge in [0.05, 0.1) is 4.47 Å². The van der Waals surface area contributed by atoms with Gasteiger partial charge in [0.1, 0.15) is 5.82 Å². The Balaban J connectivity index is 2.08. The molecule has 0 saturated carbocycles. The zero-order valence-electron chi connectivity index (χ0n) is 9.42. The summed E-state index contributed by atoms with van der Waals surface area (Å²) in [6.07, 6.45) is 4.46. The number of halogens is 2. The fourth-order valence-electron chi connectivity index (χ4n) is 2.06. The van der Waals surface area contributed by atoms with Crippen molar-refractivity contribution >= 4 is 37.7 Å². The van der Waals surface area contributed by atoms with Crippen LogP contribution in [0.5, 0.6) is 0 Å². The number of alkyl halides is 1. The molecule has 0 N–H and O–H groups in total. The molecule has 0 unspecified atom stereocenters. The summed E-state index contributed by atoms with van der Waals surface area (Å²) in [5, 5.41) is 1.13. The topological polar surface area (TPSA) is 16.1 Å². The molecule has 1 saturated heterocycles. The molecule has 0 bridgehead atoms. The van der Waals surface area contributed by atoms with Crippen molar-refractivity contribution in [3.8, 4) is 0 Å². The normalized spacial score (nSPS) is 17.8. The van der Waals surface area contributed by atoms with E-state index in [4.69, 9.17) is 0 Å². The lowest BCUT2D eigenvalue weighted by atomic mass is 9.99. The molecule has 2 heterocycles. The van der Waals surface area contributed by atoms with Gasteiger partial charge < -0.3 is 4.90 Å². The summed E-state index contributed by atoms with van der Waals surface area (Å²) in [7, 11) is 0. The number of piperidine rings is 1. The summed E-state index contributed by atoms with van der Waals surface area (Å²) in [5.74, 6) is 1.93. The van der Waals surface area contributed by atoms with Gasteiger partial charge in [-0.25, -0.2) is 4.98 Å². The number of rotatable bonds is 2. The van der Waals surface area contributed by atoms with Crippen LogP contribution in [0, 0.1) is 12.8 Å². The third kappa shape index (κ3) is 2.77. The molecule has 1 aliphatic heterocycles. The lowest BCUT2D eigenvalue weighted by Gasteiger charge is -2.32. The number of pyridine rings is 1. The van der Waals surface area contributed by atoms with E-state index in [1.165, 1.54) is 18.4 Å². The maximum atomic E-state index is 4.52. The summed E-state index contributed by atoms with van der Waals surface area (Å²) >= 11 is 7.17. The standard InChI is InChI=1S/C12H16Br2N2/c1-9-6-11(14)12(15-8-9)16-4-2-10(7-13)3-5-16/h6,8,10H,2-5,7H2,1H3. The van der Waals surface area contributed by atoms with E-state index < -0.39 is 0 Å². The summed E-state index contributed by atoms with van der Waals surface area (Å²) in [6.45, 7) is 4.30. The van der Waals surface area contributed by atoms with Crippen molar-refractivity contribution in [1.82, 2.24) is 4.98 Å². The van der Waals surface area contributed by atoms with E-state index in [9.17, 15) is 0 Å². The highest BCUT2D eigenvalue weighted by atomic mass is 79.9. The highest BCUT2D eigenvalue weighted by Crippen LogP contribution is 2.28. The summed E-state index contributed by atoms with van der Waals surface area (Å²) in [5.41, 5.74) is 1.20. The van der Waals surface area contributed by atoms with Gasteiger partial charge >= 0.3 is 0 Å². The maximum absolute atomic E-state index is 4.52. The van der Waals surface area contributed by atoms with Crippen LogP contribution in [-0.2, 0) is 0 Å². The average Bonchev–Trinajstić information content (AvgIpc) is 2.29. The first-order valence-corrected chi connectivity index (χ1v) is 7.55. The first-order valence-electron chi connectivity index (χ1n) is 5.63. The van der Waals surface area contributed by atoms with Gasteiger partial charge in [-0.1, -0.05) is 15.9 Å². The van der Waals surface area contributed by atoms with Crippen LogP contribution in [0.2, 0.25) is 0 Å². The van der Waals surface area contributed by atoms with Gasteiger partial charge in [0.25, 0.3) is 0 Å². The number of anilines is 1.